The van der Waals surface area contributed by atoms with Crippen molar-refractivity contribution in [2.24, 2.45) is 0 Å². The molecule has 1 heterocycles. The third-order valence-corrected chi connectivity index (χ3v) is 4.88. The lowest BCUT2D eigenvalue weighted by Gasteiger charge is -2.12. The molecule has 0 aliphatic carbocycles. The molecule has 10 nitrogen and oxygen atoms in total. The molecule has 0 spiro atoms. The summed E-state index contributed by atoms with van der Waals surface area (Å²) in [5.41, 5.74) is 4.54. The number of benzene rings is 3. The van der Waals surface area contributed by atoms with Gasteiger partial charge in [0, 0.05) is 17.0 Å². The first-order valence-corrected chi connectivity index (χ1v) is 9.84. The average molecular weight is 443 g/mol. The quantitative estimate of drug-likeness (QED) is 0.359. The van der Waals surface area contributed by atoms with Gasteiger partial charge in [-0.05, 0) is 18.2 Å². The van der Waals surface area contributed by atoms with E-state index in [0.29, 0.717) is 11.1 Å². The van der Waals surface area contributed by atoms with E-state index in [2.05, 4.69) is 16.0 Å². The molecule has 0 aliphatic heterocycles. The summed E-state index contributed by atoms with van der Waals surface area (Å²) in [6.07, 6.45) is -0.310. The van der Waals surface area contributed by atoms with E-state index < -0.39 is 22.3 Å². The first-order valence-electron chi connectivity index (χ1n) is 9.84. The first kappa shape index (κ1) is 21.4. The minimum atomic E-state index is -0.744. The third-order valence-electron chi connectivity index (χ3n) is 4.88. The molecule has 0 saturated carbocycles. The van der Waals surface area contributed by atoms with Gasteiger partial charge in [-0.3, -0.25) is 35.3 Å². The fourth-order valence-electron chi connectivity index (χ4n) is 3.34. The number of hydrogen-bond acceptors (Lipinski definition) is 6. The number of aromatic nitrogens is 2. The number of para-hydroxylation sites is 2. The van der Waals surface area contributed by atoms with Crippen LogP contribution in [-0.2, 0) is 11.2 Å². The molecule has 0 atom stereocenters. The number of nitro benzene ring substituents is 1. The van der Waals surface area contributed by atoms with E-state index in [1.165, 1.54) is 18.2 Å². The molecular formula is C23H17N5O5. The molecular weight excluding hydrogens is 426 g/mol. The van der Waals surface area contributed by atoms with Crippen LogP contribution < -0.4 is 16.4 Å². The van der Waals surface area contributed by atoms with Crippen molar-refractivity contribution in [1.82, 2.24) is 20.6 Å². The third kappa shape index (κ3) is 4.44. The molecule has 164 valence electrons. The largest absolute Gasteiger partial charge is 0.290 e. The zero-order chi connectivity index (χ0) is 23.4. The Kier molecular flexibility index (Phi) is 5.90. The molecule has 0 unspecified atom stereocenters. The number of nitrogens with one attached hydrogen (secondary N) is 2. The van der Waals surface area contributed by atoms with Gasteiger partial charge in [0.1, 0.15) is 0 Å². The van der Waals surface area contributed by atoms with Gasteiger partial charge in [0.2, 0.25) is 5.91 Å². The Balaban J connectivity index is 1.60. The second-order valence-corrected chi connectivity index (χ2v) is 7.01. The molecule has 0 saturated heterocycles. The summed E-state index contributed by atoms with van der Waals surface area (Å²) < 4.78 is 1.12. The normalized spacial score (nSPS) is 10.5. The van der Waals surface area contributed by atoms with Crippen LogP contribution in [0.15, 0.2) is 83.7 Å². The highest BCUT2D eigenvalue weighted by atomic mass is 16.6. The van der Waals surface area contributed by atoms with Crippen molar-refractivity contribution >= 4 is 28.3 Å². The van der Waals surface area contributed by atoms with E-state index >= 15 is 0 Å². The topological polar surface area (TPSA) is 136 Å². The Morgan fingerprint density at radius 1 is 0.879 bits per heavy atom. The predicted octanol–water partition coefficient (Wildman–Crippen LogP) is 2.30. The van der Waals surface area contributed by atoms with Crippen LogP contribution in [0, 0.1) is 10.1 Å². The van der Waals surface area contributed by atoms with Crippen LogP contribution in [0.3, 0.4) is 0 Å². The van der Waals surface area contributed by atoms with Crippen molar-refractivity contribution in [2.45, 2.75) is 6.42 Å². The summed E-state index contributed by atoms with van der Waals surface area (Å²) in [7, 11) is 0. The summed E-state index contributed by atoms with van der Waals surface area (Å²) in [6, 6.07) is 21.0. The van der Waals surface area contributed by atoms with Crippen LogP contribution in [0.2, 0.25) is 0 Å². The second-order valence-electron chi connectivity index (χ2n) is 7.01. The predicted molar refractivity (Wildman–Crippen MR) is 120 cm³/mol. The molecule has 2 amide bonds. The maximum absolute atomic E-state index is 12.9. The molecule has 4 rings (SSSR count). The molecule has 0 bridgehead atoms. The molecule has 4 aromatic rings. The van der Waals surface area contributed by atoms with E-state index in [-0.39, 0.29) is 28.8 Å². The van der Waals surface area contributed by atoms with Crippen LogP contribution in [0.5, 0.6) is 0 Å². The highest BCUT2D eigenvalue weighted by molar-refractivity contribution is 6.05. The molecule has 1 aromatic heterocycles. The van der Waals surface area contributed by atoms with E-state index in [9.17, 15) is 24.5 Å². The van der Waals surface area contributed by atoms with Gasteiger partial charge in [-0.15, -0.1) is 0 Å². The van der Waals surface area contributed by atoms with Crippen molar-refractivity contribution in [2.75, 3.05) is 0 Å². The Morgan fingerprint density at radius 2 is 1.52 bits per heavy atom. The van der Waals surface area contributed by atoms with Crippen molar-refractivity contribution in [3.05, 3.63) is 111 Å². The van der Waals surface area contributed by atoms with Gasteiger partial charge in [0.25, 0.3) is 17.2 Å². The summed E-state index contributed by atoms with van der Waals surface area (Å²) in [5, 5.41) is 15.9. The van der Waals surface area contributed by atoms with Gasteiger partial charge in [-0.25, -0.2) is 0 Å². The summed E-state index contributed by atoms with van der Waals surface area (Å²) in [5.74, 6) is -1.40. The van der Waals surface area contributed by atoms with E-state index in [0.717, 1.165) is 4.68 Å². The fourth-order valence-corrected chi connectivity index (χ4v) is 3.34. The van der Waals surface area contributed by atoms with Gasteiger partial charge >= 0.3 is 0 Å². The monoisotopic (exact) mass is 443 g/mol. The molecule has 0 radical (unpaired) electrons. The number of carbonyl (C=O) groups is 2. The number of nitrogens with zero attached hydrogens (tertiary/aromatic N) is 3. The average Bonchev–Trinajstić information content (AvgIpc) is 2.83. The zero-order valence-electron chi connectivity index (χ0n) is 17.1. The lowest BCUT2D eigenvalue weighted by atomic mass is 10.1. The van der Waals surface area contributed by atoms with Crippen molar-refractivity contribution in [3.8, 4) is 5.69 Å². The summed E-state index contributed by atoms with van der Waals surface area (Å²) >= 11 is 0. The number of rotatable bonds is 5. The van der Waals surface area contributed by atoms with Crippen molar-refractivity contribution < 1.29 is 14.5 Å². The first-order chi connectivity index (χ1) is 16.0. The zero-order valence-corrected chi connectivity index (χ0v) is 17.1. The molecule has 0 aliphatic rings. The number of amides is 2. The molecule has 2 N–H and O–H groups in total. The maximum atomic E-state index is 12.9. The number of hydrazine groups is 1. The molecule has 0 fully saturated rings. The Hall–Kier alpha value is -4.86. The van der Waals surface area contributed by atoms with Crippen molar-refractivity contribution in [3.63, 3.8) is 0 Å². The second kappa shape index (κ2) is 9.10. The maximum Gasteiger partial charge on any atom is 0.290 e. The number of nitro groups is 1. The molecule has 10 heteroatoms. The summed E-state index contributed by atoms with van der Waals surface area (Å²) in [6.45, 7) is 0. The number of hydrogen-bond donors (Lipinski definition) is 2. The number of carbonyl (C=O) groups excluding carboxylic acids is 2. The highest BCUT2D eigenvalue weighted by Gasteiger charge is 2.19. The van der Waals surface area contributed by atoms with Gasteiger partial charge in [-0.1, -0.05) is 54.6 Å². The minimum Gasteiger partial charge on any atom is -0.273 e. The van der Waals surface area contributed by atoms with Crippen molar-refractivity contribution in [1.29, 1.82) is 0 Å². The van der Waals surface area contributed by atoms with Crippen LogP contribution in [0.25, 0.3) is 16.5 Å². The van der Waals surface area contributed by atoms with Crippen LogP contribution in [-0.4, -0.2) is 26.5 Å². The Bertz CT molecular complexity index is 1430. The fraction of sp³-hybridized carbons (Fsp3) is 0.0435. The van der Waals surface area contributed by atoms with Gasteiger partial charge in [-0.2, -0.15) is 9.78 Å². The van der Waals surface area contributed by atoms with Gasteiger partial charge in [0.05, 0.1) is 22.4 Å². The smallest absolute Gasteiger partial charge is 0.273 e. The lowest BCUT2D eigenvalue weighted by Crippen LogP contribution is -2.43. The van der Waals surface area contributed by atoms with Crippen LogP contribution in [0.4, 0.5) is 5.69 Å². The van der Waals surface area contributed by atoms with E-state index in [1.807, 2.05) is 0 Å². The van der Waals surface area contributed by atoms with Gasteiger partial charge < -0.3 is 0 Å². The van der Waals surface area contributed by atoms with E-state index in [4.69, 9.17) is 0 Å². The van der Waals surface area contributed by atoms with E-state index in [1.54, 1.807) is 60.7 Å². The number of fused-ring (bicyclic) bond motifs is 1. The SMILES string of the molecule is O=C(Cc1ccccc1[N+](=O)[O-])NNC(=O)c1nn(-c2ccccc2)c(=O)c2ccccc12. The molecule has 3 aromatic carbocycles. The standard InChI is InChI=1S/C23H17N5O5/c29-20(14-15-8-4-7-13-19(15)28(32)33)24-25-22(30)21-17-11-5-6-12-18(17)23(31)27(26-21)16-9-2-1-3-10-16/h1-13H,14H2,(H,24,29)(H,25,30). The van der Waals surface area contributed by atoms with Crippen LogP contribution >= 0.6 is 0 Å². The van der Waals surface area contributed by atoms with Crippen LogP contribution in [0.1, 0.15) is 16.1 Å². The Morgan fingerprint density at radius 3 is 2.24 bits per heavy atom. The summed E-state index contributed by atoms with van der Waals surface area (Å²) in [4.78, 5) is 48.6. The Labute approximate surface area is 186 Å². The highest BCUT2D eigenvalue weighted by Crippen LogP contribution is 2.18. The van der Waals surface area contributed by atoms with Gasteiger partial charge in [0.15, 0.2) is 5.69 Å². The molecule has 33 heavy (non-hydrogen) atoms. The lowest BCUT2D eigenvalue weighted by molar-refractivity contribution is -0.385. The minimum absolute atomic E-state index is 0.0694.